The predicted molar refractivity (Wildman–Crippen MR) is 86.3 cm³/mol. The highest BCUT2D eigenvalue weighted by molar-refractivity contribution is 5.73. The number of benzene rings is 1. The molecule has 4 N–H and O–H groups in total. The van der Waals surface area contributed by atoms with E-state index >= 15 is 0 Å². The minimum Gasteiger partial charge on any atom is -0.479 e. The summed E-state index contributed by atoms with van der Waals surface area (Å²) in [4.78, 5) is 22.6. The number of rotatable bonds is 7. The van der Waals surface area contributed by atoms with Gasteiger partial charge < -0.3 is 34.6 Å². The van der Waals surface area contributed by atoms with E-state index in [1.807, 2.05) is 0 Å². The highest BCUT2D eigenvalue weighted by Gasteiger charge is 2.48. The van der Waals surface area contributed by atoms with Crippen LogP contribution in [-0.2, 0) is 25.5 Å². The number of ether oxygens (including phenoxy) is 3. The molecule has 2 rings (SSSR count). The van der Waals surface area contributed by atoms with Crippen molar-refractivity contribution in [3.05, 3.63) is 29.8 Å². The van der Waals surface area contributed by atoms with Gasteiger partial charge in [-0.3, -0.25) is 4.79 Å². The maximum absolute atomic E-state index is 11.5. The molecular weight excluding hydrogens is 348 g/mol. The van der Waals surface area contributed by atoms with Crippen molar-refractivity contribution in [3.63, 3.8) is 0 Å². The lowest BCUT2D eigenvalue weighted by Crippen LogP contribution is -2.61. The molecule has 0 aliphatic carbocycles. The molecule has 0 bridgehead atoms. The quantitative estimate of drug-likeness (QED) is 0.465. The number of carbonyl (C=O) groups excluding carboxylic acids is 1. The number of aryl methyl sites for hydroxylation is 1. The van der Waals surface area contributed by atoms with Crippen LogP contribution in [0.4, 0.5) is 0 Å². The molecule has 1 aromatic rings. The number of carboxylic acids is 1. The summed E-state index contributed by atoms with van der Waals surface area (Å²) in [6.07, 6.45) is -8.03. The Morgan fingerprint density at radius 1 is 1.12 bits per heavy atom. The maximum Gasteiger partial charge on any atom is 0.335 e. The topological polar surface area (TPSA) is 143 Å². The number of aliphatic carboxylic acids is 1. The summed E-state index contributed by atoms with van der Waals surface area (Å²) in [6.45, 7) is 1.98. The smallest absolute Gasteiger partial charge is 0.335 e. The molecule has 1 aliphatic heterocycles. The van der Waals surface area contributed by atoms with Crippen molar-refractivity contribution in [3.8, 4) is 5.75 Å². The molecule has 5 unspecified atom stereocenters. The fraction of sp³-hybridized carbons (Fsp3) is 0.529. The number of para-hydroxylation sites is 1. The number of aliphatic hydroxyl groups is 3. The third kappa shape index (κ3) is 4.70. The normalized spacial score (nSPS) is 28.4. The Labute approximate surface area is 149 Å². The first-order chi connectivity index (χ1) is 12.3. The van der Waals surface area contributed by atoms with E-state index in [-0.39, 0.29) is 24.7 Å². The monoisotopic (exact) mass is 370 g/mol. The van der Waals surface area contributed by atoms with Crippen molar-refractivity contribution in [2.24, 2.45) is 0 Å². The van der Waals surface area contributed by atoms with Gasteiger partial charge in [-0.2, -0.15) is 0 Å². The molecule has 0 saturated carbocycles. The van der Waals surface area contributed by atoms with Gasteiger partial charge in [0.2, 0.25) is 6.29 Å². The molecule has 26 heavy (non-hydrogen) atoms. The average Bonchev–Trinajstić information content (AvgIpc) is 2.61. The summed E-state index contributed by atoms with van der Waals surface area (Å²) >= 11 is 0. The molecule has 5 atom stereocenters. The summed E-state index contributed by atoms with van der Waals surface area (Å²) in [5.74, 6) is -1.61. The largest absolute Gasteiger partial charge is 0.479 e. The van der Waals surface area contributed by atoms with Gasteiger partial charge in [0.25, 0.3) is 0 Å². The summed E-state index contributed by atoms with van der Waals surface area (Å²) in [7, 11) is 0. The molecule has 1 fully saturated rings. The Hall–Kier alpha value is -2.20. The van der Waals surface area contributed by atoms with Gasteiger partial charge in [-0.15, -0.1) is 0 Å². The van der Waals surface area contributed by atoms with E-state index in [0.717, 1.165) is 0 Å². The van der Waals surface area contributed by atoms with Crippen LogP contribution in [0.2, 0.25) is 0 Å². The zero-order chi connectivity index (χ0) is 19.3. The molecule has 0 aromatic heterocycles. The molecule has 0 amide bonds. The number of esters is 1. The molecule has 1 heterocycles. The third-order valence-corrected chi connectivity index (χ3v) is 3.93. The maximum atomic E-state index is 11.5. The van der Waals surface area contributed by atoms with E-state index < -0.39 is 36.7 Å². The van der Waals surface area contributed by atoms with Gasteiger partial charge in [-0.1, -0.05) is 18.2 Å². The van der Waals surface area contributed by atoms with Crippen molar-refractivity contribution < 1.29 is 44.2 Å². The summed E-state index contributed by atoms with van der Waals surface area (Å²) in [6, 6.07) is 6.63. The Morgan fingerprint density at radius 3 is 2.46 bits per heavy atom. The number of carbonyl (C=O) groups is 2. The first-order valence-electron chi connectivity index (χ1n) is 8.17. The first kappa shape index (κ1) is 20.1. The van der Waals surface area contributed by atoms with Crippen molar-refractivity contribution in [1.82, 2.24) is 0 Å². The van der Waals surface area contributed by atoms with Gasteiger partial charge in [-0.05, 0) is 25.0 Å². The van der Waals surface area contributed by atoms with Gasteiger partial charge in [0.15, 0.2) is 6.10 Å². The van der Waals surface area contributed by atoms with E-state index in [1.165, 1.54) is 0 Å². The molecule has 9 nitrogen and oxygen atoms in total. The van der Waals surface area contributed by atoms with Crippen molar-refractivity contribution in [2.45, 2.75) is 50.5 Å². The minimum absolute atomic E-state index is 0.112. The van der Waals surface area contributed by atoms with Crippen LogP contribution >= 0.6 is 0 Å². The number of hydrogen-bond acceptors (Lipinski definition) is 8. The molecule has 0 radical (unpaired) electrons. The minimum atomic E-state index is -1.79. The van der Waals surface area contributed by atoms with Gasteiger partial charge in [0.05, 0.1) is 6.61 Å². The van der Waals surface area contributed by atoms with Crippen LogP contribution in [0.5, 0.6) is 5.75 Å². The van der Waals surface area contributed by atoms with E-state index in [0.29, 0.717) is 12.0 Å². The fourth-order valence-electron chi connectivity index (χ4n) is 2.57. The zero-order valence-electron chi connectivity index (χ0n) is 14.1. The van der Waals surface area contributed by atoms with Crippen molar-refractivity contribution in [2.75, 3.05) is 6.61 Å². The standard InChI is InChI=1S/C17H22O9/c1-2-24-11(18)8-7-9-5-3-4-6-10(9)25-17-14(21)12(19)13(20)15(26-17)16(22)23/h3-6,12-15,17,19-21H,2,7-8H2,1H3,(H,22,23). The van der Waals surface area contributed by atoms with E-state index in [1.54, 1.807) is 31.2 Å². The van der Waals surface area contributed by atoms with Gasteiger partial charge in [0, 0.05) is 6.42 Å². The van der Waals surface area contributed by atoms with Crippen molar-refractivity contribution >= 4 is 11.9 Å². The Kier molecular flexibility index (Phi) is 6.92. The van der Waals surface area contributed by atoms with E-state index in [2.05, 4.69) is 0 Å². The van der Waals surface area contributed by atoms with Gasteiger partial charge >= 0.3 is 11.9 Å². The summed E-state index contributed by atoms with van der Waals surface area (Å²) < 4.78 is 15.5. The molecule has 1 aliphatic rings. The molecular formula is C17H22O9. The van der Waals surface area contributed by atoms with Crippen LogP contribution in [-0.4, -0.2) is 69.7 Å². The molecule has 1 aromatic carbocycles. The van der Waals surface area contributed by atoms with Crippen LogP contribution in [0.15, 0.2) is 24.3 Å². The van der Waals surface area contributed by atoms with Crippen LogP contribution < -0.4 is 4.74 Å². The molecule has 1 saturated heterocycles. The second kappa shape index (κ2) is 8.95. The third-order valence-electron chi connectivity index (χ3n) is 3.93. The second-order valence-corrected chi connectivity index (χ2v) is 5.77. The molecule has 144 valence electrons. The molecule has 0 spiro atoms. The van der Waals surface area contributed by atoms with Gasteiger partial charge in [-0.25, -0.2) is 4.79 Å². The van der Waals surface area contributed by atoms with Crippen LogP contribution in [0, 0.1) is 0 Å². The lowest BCUT2D eigenvalue weighted by atomic mass is 9.99. The zero-order valence-corrected chi connectivity index (χ0v) is 14.1. The first-order valence-corrected chi connectivity index (χ1v) is 8.17. The lowest BCUT2D eigenvalue weighted by molar-refractivity contribution is -0.271. The van der Waals surface area contributed by atoms with E-state index in [4.69, 9.17) is 19.3 Å². The number of carboxylic acid groups (broad SMARTS) is 1. The fourth-order valence-corrected chi connectivity index (χ4v) is 2.57. The Bertz CT molecular complexity index is 632. The summed E-state index contributed by atoms with van der Waals surface area (Å²) in [5.41, 5.74) is 0.615. The summed E-state index contributed by atoms with van der Waals surface area (Å²) in [5, 5.41) is 38.6. The van der Waals surface area contributed by atoms with Crippen LogP contribution in [0.25, 0.3) is 0 Å². The second-order valence-electron chi connectivity index (χ2n) is 5.77. The average molecular weight is 370 g/mol. The number of hydrogen-bond donors (Lipinski definition) is 4. The van der Waals surface area contributed by atoms with Gasteiger partial charge in [0.1, 0.15) is 24.1 Å². The van der Waals surface area contributed by atoms with Crippen LogP contribution in [0.3, 0.4) is 0 Å². The SMILES string of the molecule is CCOC(=O)CCc1ccccc1OC1OC(C(=O)O)C(O)C(O)C1O. The molecule has 9 heteroatoms. The van der Waals surface area contributed by atoms with Crippen molar-refractivity contribution in [1.29, 1.82) is 0 Å². The lowest BCUT2D eigenvalue weighted by Gasteiger charge is -2.38. The number of aliphatic hydroxyl groups excluding tert-OH is 3. The highest BCUT2D eigenvalue weighted by atomic mass is 16.7. The highest BCUT2D eigenvalue weighted by Crippen LogP contribution is 2.27. The Morgan fingerprint density at radius 2 is 1.81 bits per heavy atom. The Balaban J connectivity index is 2.11. The predicted octanol–water partition coefficient (Wildman–Crippen LogP) is -0.547. The van der Waals surface area contributed by atoms with E-state index in [9.17, 15) is 24.9 Å². The van der Waals surface area contributed by atoms with Crippen LogP contribution in [0.1, 0.15) is 18.9 Å².